The number of phenols is 1. The van der Waals surface area contributed by atoms with Crippen LogP contribution in [0.2, 0.25) is 10.0 Å². The van der Waals surface area contributed by atoms with Crippen molar-refractivity contribution in [2.24, 2.45) is 0 Å². The second-order valence-electron chi connectivity index (χ2n) is 6.08. The van der Waals surface area contributed by atoms with Crippen molar-refractivity contribution in [1.29, 1.82) is 0 Å². The number of rotatable bonds is 6. The standard InChI is InChI=1S/C18H21Cl2N3O4/c1-2-16(25)21-11-18(27)23-7-5-22(6-8-23)17(26)4-3-12-9-13(19)14(20)10-15(12)24/h2,9-10,24H,1,3-8,11H2,(H,21,25). The normalized spacial score (nSPS) is 14.0. The number of carbonyl (C=O) groups is 3. The lowest BCUT2D eigenvalue weighted by Crippen LogP contribution is -2.52. The Balaban J connectivity index is 1.79. The Morgan fingerprint density at radius 2 is 1.63 bits per heavy atom. The van der Waals surface area contributed by atoms with E-state index in [0.717, 1.165) is 6.08 Å². The number of amides is 3. The van der Waals surface area contributed by atoms with Crippen LogP contribution in [0, 0.1) is 0 Å². The lowest BCUT2D eigenvalue weighted by Gasteiger charge is -2.35. The predicted octanol–water partition coefficient (Wildman–Crippen LogP) is 1.60. The number of hydrogen-bond donors (Lipinski definition) is 2. The van der Waals surface area contributed by atoms with Crippen LogP contribution in [0.1, 0.15) is 12.0 Å². The fourth-order valence-electron chi connectivity index (χ4n) is 2.73. The van der Waals surface area contributed by atoms with Gasteiger partial charge in [0.1, 0.15) is 5.75 Å². The molecule has 1 heterocycles. The molecule has 2 N–H and O–H groups in total. The molecule has 0 atom stereocenters. The quantitative estimate of drug-likeness (QED) is 0.693. The third-order valence-corrected chi connectivity index (χ3v) is 5.04. The Morgan fingerprint density at radius 1 is 1.07 bits per heavy atom. The molecule has 0 unspecified atom stereocenters. The van der Waals surface area contributed by atoms with E-state index in [9.17, 15) is 19.5 Å². The van der Waals surface area contributed by atoms with Crippen molar-refractivity contribution in [1.82, 2.24) is 15.1 Å². The molecular weight excluding hydrogens is 393 g/mol. The molecular formula is C18H21Cl2N3O4. The Bertz CT molecular complexity index is 746. The number of hydrogen-bond acceptors (Lipinski definition) is 4. The van der Waals surface area contributed by atoms with E-state index in [0.29, 0.717) is 43.2 Å². The minimum atomic E-state index is -0.400. The van der Waals surface area contributed by atoms with Gasteiger partial charge in [0.25, 0.3) is 0 Å². The fourth-order valence-corrected chi connectivity index (χ4v) is 3.07. The number of halogens is 2. The fraction of sp³-hybridized carbons (Fsp3) is 0.389. The molecule has 146 valence electrons. The molecule has 0 saturated carbocycles. The van der Waals surface area contributed by atoms with Crippen molar-refractivity contribution < 1.29 is 19.5 Å². The van der Waals surface area contributed by atoms with Gasteiger partial charge in [-0.2, -0.15) is 0 Å². The number of carbonyl (C=O) groups excluding carboxylic acids is 3. The second kappa shape index (κ2) is 9.62. The molecule has 1 aliphatic heterocycles. The Labute approximate surface area is 167 Å². The Morgan fingerprint density at radius 3 is 2.22 bits per heavy atom. The molecule has 9 heteroatoms. The van der Waals surface area contributed by atoms with Gasteiger partial charge in [-0.3, -0.25) is 14.4 Å². The number of piperazine rings is 1. The van der Waals surface area contributed by atoms with Gasteiger partial charge in [0.2, 0.25) is 17.7 Å². The molecule has 1 aromatic carbocycles. The molecule has 1 fully saturated rings. The largest absolute Gasteiger partial charge is 0.508 e. The molecule has 1 aliphatic rings. The summed E-state index contributed by atoms with van der Waals surface area (Å²) in [6.45, 7) is 4.90. The van der Waals surface area contributed by atoms with Crippen LogP contribution >= 0.6 is 23.2 Å². The highest BCUT2D eigenvalue weighted by atomic mass is 35.5. The Hall–Kier alpha value is -2.25. The van der Waals surface area contributed by atoms with Crippen molar-refractivity contribution in [3.8, 4) is 5.75 Å². The van der Waals surface area contributed by atoms with Crippen LogP contribution in [0.3, 0.4) is 0 Å². The molecule has 2 rings (SSSR count). The van der Waals surface area contributed by atoms with Crippen molar-refractivity contribution in [3.63, 3.8) is 0 Å². The summed E-state index contributed by atoms with van der Waals surface area (Å²) in [7, 11) is 0. The average molecular weight is 414 g/mol. The van der Waals surface area contributed by atoms with E-state index < -0.39 is 5.91 Å². The summed E-state index contributed by atoms with van der Waals surface area (Å²) < 4.78 is 0. The second-order valence-corrected chi connectivity index (χ2v) is 6.89. The molecule has 0 bridgehead atoms. The van der Waals surface area contributed by atoms with E-state index in [1.54, 1.807) is 15.9 Å². The highest BCUT2D eigenvalue weighted by Crippen LogP contribution is 2.30. The van der Waals surface area contributed by atoms with Gasteiger partial charge in [0, 0.05) is 38.7 Å². The maximum absolute atomic E-state index is 12.4. The maximum atomic E-state index is 12.4. The van der Waals surface area contributed by atoms with Crippen molar-refractivity contribution in [2.75, 3.05) is 32.7 Å². The molecule has 1 saturated heterocycles. The van der Waals surface area contributed by atoms with Gasteiger partial charge < -0.3 is 20.2 Å². The number of aryl methyl sites for hydroxylation is 1. The first-order valence-corrected chi connectivity index (χ1v) is 9.20. The third kappa shape index (κ3) is 5.87. The van der Waals surface area contributed by atoms with Crippen LogP contribution in [0.25, 0.3) is 0 Å². The first kappa shape index (κ1) is 21.1. The van der Waals surface area contributed by atoms with Crippen LogP contribution < -0.4 is 5.32 Å². The first-order valence-electron chi connectivity index (χ1n) is 8.44. The minimum Gasteiger partial charge on any atom is -0.508 e. The van der Waals surface area contributed by atoms with Gasteiger partial charge in [-0.05, 0) is 24.1 Å². The van der Waals surface area contributed by atoms with E-state index in [-0.39, 0.29) is 35.6 Å². The topological polar surface area (TPSA) is 90.0 Å². The van der Waals surface area contributed by atoms with Crippen LogP contribution in [0.15, 0.2) is 24.8 Å². The highest BCUT2D eigenvalue weighted by molar-refractivity contribution is 6.42. The number of aromatic hydroxyl groups is 1. The lowest BCUT2D eigenvalue weighted by molar-refractivity contribution is -0.139. The number of phenolic OH excluding ortho intramolecular Hbond substituents is 1. The van der Waals surface area contributed by atoms with Gasteiger partial charge in [0.05, 0.1) is 16.6 Å². The van der Waals surface area contributed by atoms with Gasteiger partial charge in [-0.25, -0.2) is 0 Å². The molecule has 0 aliphatic carbocycles. The summed E-state index contributed by atoms with van der Waals surface area (Å²) in [4.78, 5) is 38.8. The van der Waals surface area contributed by atoms with Crippen LogP contribution in [0.4, 0.5) is 0 Å². The smallest absolute Gasteiger partial charge is 0.243 e. The SMILES string of the molecule is C=CC(=O)NCC(=O)N1CCN(C(=O)CCc2cc(Cl)c(Cl)cc2O)CC1. The van der Waals surface area contributed by atoms with E-state index in [1.165, 1.54) is 6.07 Å². The number of nitrogens with zero attached hydrogens (tertiary/aromatic N) is 2. The molecule has 0 aromatic heterocycles. The molecule has 27 heavy (non-hydrogen) atoms. The summed E-state index contributed by atoms with van der Waals surface area (Å²) >= 11 is 11.8. The van der Waals surface area contributed by atoms with Gasteiger partial charge >= 0.3 is 0 Å². The van der Waals surface area contributed by atoms with Gasteiger partial charge in [-0.1, -0.05) is 29.8 Å². The maximum Gasteiger partial charge on any atom is 0.243 e. The summed E-state index contributed by atoms with van der Waals surface area (Å²) in [5.41, 5.74) is 0.560. The zero-order valence-electron chi connectivity index (χ0n) is 14.7. The molecule has 0 spiro atoms. The predicted molar refractivity (Wildman–Crippen MR) is 103 cm³/mol. The third-order valence-electron chi connectivity index (χ3n) is 4.31. The summed E-state index contributed by atoms with van der Waals surface area (Å²) in [6.07, 6.45) is 1.67. The first-order chi connectivity index (χ1) is 12.8. The monoisotopic (exact) mass is 413 g/mol. The number of benzene rings is 1. The van der Waals surface area contributed by atoms with E-state index >= 15 is 0 Å². The van der Waals surface area contributed by atoms with Crippen molar-refractivity contribution in [2.45, 2.75) is 12.8 Å². The summed E-state index contributed by atoms with van der Waals surface area (Å²) in [5.74, 6) is -0.650. The number of nitrogens with one attached hydrogen (secondary N) is 1. The van der Waals surface area contributed by atoms with Crippen LogP contribution in [-0.4, -0.2) is 65.4 Å². The van der Waals surface area contributed by atoms with Crippen molar-refractivity contribution >= 4 is 40.9 Å². The Kier molecular flexibility index (Phi) is 7.50. The summed E-state index contributed by atoms with van der Waals surface area (Å²) in [6, 6.07) is 2.92. The van der Waals surface area contributed by atoms with E-state index in [4.69, 9.17) is 23.2 Å². The van der Waals surface area contributed by atoms with Crippen molar-refractivity contribution in [3.05, 3.63) is 40.4 Å². The van der Waals surface area contributed by atoms with Crippen LogP contribution in [-0.2, 0) is 20.8 Å². The zero-order chi connectivity index (χ0) is 20.0. The van der Waals surface area contributed by atoms with Crippen LogP contribution in [0.5, 0.6) is 5.75 Å². The molecule has 1 aromatic rings. The molecule has 0 radical (unpaired) electrons. The van der Waals surface area contributed by atoms with Gasteiger partial charge in [-0.15, -0.1) is 0 Å². The molecule has 3 amide bonds. The lowest BCUT2D eigenvalue weighted by atomic mass is 10.1. The van der Waals surface area contributed by atoms with Gasteiger partial charge in [0.15, 0.2) is 0 Å². The summed E-state index contributed by atoms with van der Waals surface area (Å²) in [5, 5.41) is 12.9. The molecule has 7 nitrogen and oxygen atoms in total. The minimum absolute atomic E-state index is 0.00851. The van der Waals surface area contributed by atoms with E-state index in [1.807, 2.05) is 0 Å². The highest BCUT2D eigenvalue weighted by Gasteiger charge is 2.24. The van der Waals surface area contributed by atoms with E-state index in [2.05, 4.69) is 11.9 Å². The average Bonchev–Trinajstić information content (AvgIpc) is 2.67. The zero-order valence-corrected chi connectivity index (χ0v) is 16.2.